The molecule has 160 valence electrons. The Bertz CT molecular complexity index is 1160. The molecule has 0 fully saturated rings. The number of hydrogen-bond donors (Lipinski definition) is 1. The molecule has 1 atom stereocenters. The van der Waals surface area contributed by atoms with Gasteiger partial charge in [0.2, 0.25) is 11.9 Å². The Morgan fingerprint density at radius 2 is 1.97 bits per heavy atom. The summed E-state index contributed by atoms with van der Waals surface area (Å²) in [4.78, 5) is 32.5. The number of amides is 2. The minimum absolute atomic E-state index is 0.0310. The van der Waals surface area contributed by atoms with Gasteiger partial charge in [0.15, 0.2) is 11.5 Å². The van der Waals surface area contributed by atoms with Crippen molar-refractivity contribution in [2.24, 2.45) is 0 Å². The SMILES string of the molecule is CCCCN1C(=O)[C@H](CC(=O)Nc2ccc3c(c2)OCCO3)n2c1nc1ccccc12. The molecule has 0 saturated heterocycles. The molecule has 31 heavy (non-hydrogen) atoms. The third-order valence-corrected chi connectivity index (χ3v) is 5.62. The highest BCUT2D eigenvalue weighted by atomic mass is 16.6. The molecule has 8 heteroatoms. The van der Waals surface area contributed by atoms with Gasteiger partial charge in [-0.3, -0.25) is 19.1 Å². The van der Waals surface area contributed by atoms with Gasteiger partial charge < -0.3 is 14.8 Å². The van der Waals surface area contributed by atoms with E-state index in [0.717, 1.165) is 23.9 Å². The van der Waals surface area contributed by atoms with Crippen molar-refractivity contribution in [1.82, 2.24) is 9.55 Å². The van der Waals surface area contributed by atoms with E-state index in [1.165, 1.54) is 0 Å². The van der Waals surface area contributed by atoms with Crippen LogP contribution >= 0.6 is 0 Å². The highest BCUT2D eigenvalue weighted by Crippen LogP contribution is 2.37. The highest BCUT2D eigenvalue weighted by Gasteiger charge is 2.40. The van der Waals surface area contributed by atoms with Crippen LogP contribution < -0.4 is 19.7 Å². The molecular formula is C23H24N4O4. The average molecular weight is 420 g/mol. The van der Waals surface area contributed by atoms with E-state index in [0.29, 0.717) is 42.9 Å². The first-order valence-corrected chi connectivity index (χ1v) is 10.6. The van der Waals surface area contributed by atoms with Gasteiger partial charge >= 0.3 is 0 Å². The second kappa shape index (κ2) is 7.94. The normalized spacial score (nSPS) is 17.1. The van der Waals surface area contributed by atoms with Crippen LogP contribution in [-0.2, 0) is 9.59 Å². The van der Waals surface area contributed by atoms with E-state index in [1.807, 2.05) is 28.8 Å². The quantitative estimate of drug-likeness (QED) is 0.659. The second-order valence-corrected chi connectivity index (χ2v) is 7.74. The van der Waals surface area contributed by atoms with Crippen LogP contribution in [0.1, 0.15) is 32.2 Å². The third-order valence-electron chi connectivity index (χ3n) is 5.62. The van der Waals surface area contributed by atoms with E-state index in [-0.39, 0.29) is 18.2 Å². The molecule has 1 N–H and O–H groups in total. The number of carbonyl (C=O) groups excluding carboxylic acids is 2. The van der Waals surface area contributed by atoms with Gasteiger partial charge in [0.25, 0.3) is 5.91 Å². The number of fused-ring (bicyclic) bond motifs is 4. The number of aromatic nitrogens is 2. The molecule has 3 aromatic rings. The molecule has 5 rings (SSSR count). The summed E-state index contributed by atoms with van der Waals surface area (Å²) in [7, 11) is 0. The Kier molecular flexibility index (Phi) is 4.97. The maximum absolute atomic E-state index is 13.2. The lowest BCUT2D eigenvalue weighted by atomic mass is 10.1. The van der Waals surface area contributed by atoms with Crippen molar-refractivity contribution in [1.29, 1.82) is 0 Å². The predicted octanol–water partition coefficient (Wildman–Crippen LogP) is 3.52. The molecule has 0 aliphatic carbocycles. The highest BCUT2D eigenvalue weighted by molar-refractivity contribution is 6.05. The van der Waals surface area contributed by atoms with Crippen molar-refractivity contribution < 1.29 is 19.1 Å². The topological polar surface area (TPSA) is 85.7 Å². The van der Waals surface area contributed by atoms with Crippen LogP contribution in [0.25, 0.3) is 11.0 Å². The van der Waals surface area contributed by atoms with Crippen molar-refractivity contribution >= 4 is 34.5 Å². The molecule has 2 amide bonds. The third kappa shape index (κ3) is 3.48. The minimum Gasteiger partial charge on any atom is -0.486 e. The summed E-state index contributed by atoms with van der Waals surface area (Å²) < 4.78 is 13.0. The first-order valence-electron chi connectivity index (χ1n) is 10.6. The van der Waals surface area contributed by atoms with Gasteiger partial charge in [-0.1, -0.05) is 25.5 Å². The summed E-state index contributed by atoms with van der Waals surface area (Å²) >= 11 is 0. The maximum Gasteiger partial charge on any atom is 0.253 e. The molecule has 0 radical (unpaired) electrons. The first kappa shape index (κ1) is 19.4. The van der Waals surface area contributed by atoms with Crippen LogP contribution in [0.4, 0.5) is 11.6 Å². The molecule has 1 aromatic heterocycles. The molecule has 3 heterocycles. The molecule has 2 aliphatic rings. The molecule has 8 nitrogen and oxygen atoms in total. The number of anilines is 2. The number of carbonyl (C=O) groups is 2. The number of imidazole rings is 1. The Hall–Kier alpha value is -3.55. The number of nitrogens with one attached hydrogen (secondary N) is 1. The predicted molar refractivity (Wildman–Crippen MR) is 117 cm³/mol. The van der Waals surface area contributed by atoms with E-state index in [1.54, 1.807) is 23.1 Å². The van der Waals surface area contributed by atoms with Crippen LogP contribution in [-0.4, -0.2) is 41.1 Å². The summed E-state index contributed by atoms with van der Waals surface area (Å²) in [6, 6.07) is 12.4. The Labute approximate surface area is 179 Å². The average Bonchev–Trinajstić information content (AvgIpc) is 3.27. The Balaban J connectivity index is 1.39. The van der Waals surface area contributed by atoms with Gasteiger partial charge in [-0.2, -0.15) is 0 Å². The summed E-state index contributed by atoms with van der Waals surface area (Å²) in [6.45, 7) is 3.67. The van der Waals surface area contributed by atoms with Crippen LogP contribution in [0.15, 0.2) is 42.5 Å². The monoisotopic (exact) mass is 420 g/mol. The summed E-state index contributed by atoms with van der Waals surface area (Å²) in [5, 5.41) is 2.89. The lowest BCUT2D eigenvalue weighted by Gasteiger charge is -2.19. The molecule has 0 spiro atoms. The first-order chi connectivity index (χ1) is 15.2. The largest absolute Gasteiger partial charge is 0.486 e. The number of nitrogens with zero attached hydrogens (tertiary/aromatic N) is 3. The fourth-order valence-electron chi connectivity index (χ4n) is 4.13. The molecule has 0 unspecified atom stereocenters. The van der Waals surface area contributed by atoms with Crippen LogP contribution in [0, 0.1) is 0 Å². The molecular weight excluding hydrogens is 396 g/mol. The van der Waals surface area contributed by atoms with Crippen molar-refractivity contribution in [3.63, 3.8) is 0 Å². The smallest absolute Gasteiger partial charge is 0.253 e. The maximum atomic E-state index is 13.2. The Morgan fingerprint density at radius 3 is 2.81 bits per heavy atom. The molecule has 2 aromatic carbocycles. The van der Waals surface area contributed by atoms with Crippen LogP contribution in [0.3, 0.4) is 0 Å². The lowest BCUT2D eigenvalue weighted by molar-refractivity contribution is -0.124. The van der Waals surface area contributed by atoms with Gasteiger partial charge in [-0.05, 0) is 30.7 Å². The van der Waals surface area contributed by atoms with Crippen LogP contribution in [0.2, 0.25) is 0 Å². The number of para-hydroxylation sites is 2. The minimum atomic E-state index is -0.614. The van der Waals surface area contributed by atoms with Gasteiger partial charge in [-0.15, -0.1) is 0 Å². The van der Waals surface area contributed by atoms with Crippen molar-refractivity contribution in [3.05, 3.63) is 42.5 Å². The standard InChI is InChI=1S/C23H24N4O4/c1-2-3-10-26-22(29)18(27-17-7-5-4-6-16(17)25-23(26)27)14-21(28)24-15-8-9-19-20(13-15)31-12-11-30-19/h4-9,13,18H,2-3,10-12,14H2,1H3,(H,24,28)/t18-/m0/s1. The van der Waals surface area contributed by atoms with Gasteiger partial charge in [0, 0.05) is 18.3 Å². The van der Waals surface area contributed by atoms with E-state index >= 15 is 0 Å². The van der Waals surface area contributed by atoms with E-state index in [4.69, 9.17) is 9.47 Å². The van der Waals surface area contributed by atoms with Crippen molar-refractivity contribution in [3.8, 4) is 11.5 Å². The van der Waals surface area contributed by atoms with E-state index in [2.05, 4.69) is 17.2 Å². The van der Waals surface area contributed by atoms with E-state index in [9.17, 15) is 9.59 Å². The molecule has 2 aliphatic heterocycles. The fraction of sp³-hybridized carbons (Fsp3) is 0.348. The Morgan fingerprint density at radius 1 is 1.16 bits per heavy atom. The zero-order valence-electron chi connectivity index (χ0n) is 17.3. The number of benzene rings is 2. The van der Waals surface area contributed by atoms with Crippen molar-refractivity contribution in [2.75, 3.05) is 30.0 Å². The number of rotatable bonds is 6. The van der Waals surface area contributed by atoms with E-state index < -0.39 is 6.04 Å². The van der Waals surface area contributed by atoms with Gasteiger partial charge in [0.05, 0.1) is 17.5 Å². The number of ether oxygens (including phenoxy) is 2. The van der Waals surface area contributed by atoms with Gasteiger partial charge in [0.1, 0.15) is 19.3 Å². The second-order valence-electron chi connectivity index (χ2n) is 7.74. The number of hydrogen-bond acceptors (Lipinski definition) is 5. The van der Waals surface area contributed by atoms with Crippen LogP contribution in [0.5, 0.6) is 11.5 Å². The zero-order valence-corrected chi connectivity index (χ0v) is 17.3. The zero-order chi connectivity index (χ0) is 21.4. The molecule has 0 saturated carbocycles. The van der Waals surface area contributed by atoms with Gasteiger partial charge in [-0.25, -0.2) is 4.98 Å². The number of unbranched alkanes of at least 4 members (excludes halogenated alkanes) is 1. The fourth-order valence-corrected chi connectivity index (χ4v) is 4.13. The molecule has 0 bridgehead atoms. The van der Waals surface area contributed by atoms with Crippen molar-refractivity contribution in [2.45, 2.75) is 32.2 Å². The summed E-state index contributed by atoms with van der Waals surface area (Å²) in [5.74, 6) is 1.57. The lowest BCUT2D eigenvalue weighted by Crippen LogP contribution is -2.32. The summed E-state index contributed by atoms with van der Waals surface area (Å²) in [6.07, 6.45) is 1.88. The summed E-state index contributed by atoms with van der Waals surface area (Å²) in [5.41, 5.74) is 2.30.